The van der Waals surface area contributed by atoms with Crippen molar-refractivity contribution >= 4 is 23.0 Å². The Kier molecular flexibility index (Phi) is 6.66. The molecule has 3 rings (SSSR count). The Balaban J connectivity index is 1.89. The molecule has 10 heteroatoms. The van der Waals surface area contributed by atoms with E-state index in [-0.39, 0.29) is 6.42 Å². The largest absolute Gasteiger partial charge is 0.467 e. The molecule has 0 saturated carbocycles. The smallest absolute Gasteiger partial charge is 0.408 e. The summed E-state index contributed by atoms with van der Waals surface area (Å²) in [7, 11) is 2.80. The highest BCUT2D eigenvalue weighted by molar-refractivity contribution is 5.81. The van der Waals surface area contributed by atoms with Crippen molar-refractivity contribution in [3.63, 3.8) is 0 Å². The second-order valence-corrected chi connectivity index (χ2v) is 8.47. The van der Waals surface area contributed by atoms with E-state index in [1.165, 1.54) is 24.1 Å². The van der Waals surface area contributed by atoms with Gasteiger partial charge in [0.2, 0.25) is 0 Å². The number of rotatable bonds is 5. The molecule has 33 heavy (non-hydrogen) atoms. The molecular weight excluding hydrogens is 428 g/mol. The summed E-state index contributed by atoms with van der Waals surface area (Å²) >= 11 is 0. The number of pyridine rings is 1. The van der Waals surface area contributed by atoms with E-state index in [0.29, 0.717) is 22.2 Å². The van der Waals surface area contributed by atoms with Crippen LogP contribution in [0.25, 0.3) is 16.6 Å². The van der Waals surface area contributed by atoms with Gasteiger partial charge >= 0.3 is 17.8 Å². The van der Waals surface area contributed by atoms with Crippen LogP contribution in [0.15, 0.2) is 52.3 Å². The van der Waals surface area contributed by atoms with E-state index in [9.17, 15) is 19.2 Å². The third kappa shape index (κ3) is 5.28. The number of amides is 1. The Bertz CT molecular complexity index is 1300. The number of carbonyl (C=O) groups excluding carboxylic acids is 2. The van der Waals surface area contributed by atoms with Crippen LogP contribution < -0.4 is 16.6 Å². The first-order valence-corrected chi connectivity index (χ1v) is 10.2. The molecule has 3 aromatic rings. The van der Waals surface area contributed by atoms with Gasteiger partial charge in [-0.1, -0.05) is 12.1 Å². The van der Waals surface area contributed by atoms with Crippen LogP contribution in [0, 0.1) is 0 Å². The zero-order chi connectivity index (χ0) is 24.3. The predicted octanol–water partition coefficient (Wildman–Crippen LogP) is 1.69. The molecule has 2 heterocycles. The number of aromatic nitrogens is 3. The lowest BCUT2D eigenvalue weighted by Crippen LogP contribution is -2.45. The molecular formula is C23H26N4O6. The Morgan fingerprint density at radius 2 is 1.79 bits per heavy atom. The number of ether oxygens (including phenoxy) is 2. The maximum Gasteiger partial charge on any atom is 0.408 e. The zero-order valence-electron chi connectivity index (χ0n) is 19.1. The third-order valence-electron chi connectivity index (χ3n) is 4.88. The number of nitrogens with zero attached hydrogens (tertiary/aromatic N) is 3. The summed E-state index contributed by atoms with van der Waals surface area (Å²) in [5.41, 5.74) is -0.191. The minimum atomic E-state index is -0.973. The fourth-order valence-electron chi connectivity index (χ4n) is 3.32. The summed E-state index contributed by atoms with van der Waals surface area (Å²) in [6.07, 6.45) is 2.35. The van der Waals surface area contributed by atoms with Crippen LogP contribution in [0.1, 0.15) is 26.3 Å². The van der Waals surface area contributed by atoms with Crippen LogP contribution in [0.5, 0.6) is 0 Å². The fraction of sp³-hybridized carbons (Fsp3) is 0.348. The SMILES string of the molecule is COC(=O)[C@H](Cc1ccc(-n2c(=O)c3ccncc3n(C)c2=O)cc1)NC(=O)OC(C)(C)C. The van der Waals surface area contributed by atoms with Crippen LogP contribution in [0.3, 0.4) is 0 Å². The molecule has 2 aromatic heterocycles. The van der Waals surface area contributed by atoms with Gasteiger partial charge in [0.1, 0.15) is 11.6 Å². The van der Waals surface area contributed by atoms with Crippen LogP contribution in [-0.4, -0.2) is 44.9 Å². The Morgan fingerprint density at radius 3 is 2.39 bits per heavy atom. The maximum absolute atomic E-state index is 12.9. The first-order chi connectivity index (χ1) is 15.5. The summed E-state index contributed by atoms with van der Waals surface area (Å²) in [4.78, 5) is 54.0. The van der Waals surface area contributed by atoms with Gasteiger partial charge in [-0.2, -0.15) is 0 Å². The molecule has 0 fully saturated rings. The first kappa shape index (κ1) is 23.7. The van der Waals surface area contributed by atoms with E-state index >= 15 is 0 Å². The van der Waals surface area contributed by atoms with Crippen molar-refractivity contribution < 1.29 is 19.1 Å². The average molecular weight is 454 g/mol. The van der Waals surface area contributed by atoms with Crippen molar-refractivity contribution in [3.8, 4) is 5.69 Å². The van der Waals surface area contributed by atoms with Gasteiger partial charge in [0, 0.05) is 19.7 Å². The number of hydrogen-bond acceptors (Lipinski definition) is 7. The molecule has 0 aliphatic rings. The third-order valence-corrected chi connectivity index (χ3v) is 4.88. The van der Waals surface area contributed by atoms with Crippen molar-refractivity contribution in [1.29, 1.82) is 0 Å². The number of hydrogen-bond donors (Lipinski definition) is 1. The molecule has 10 nitrogen and oxygen atoms in total. The molecule has 1 aromatic carbocycles. The average Bonchev–Trinajstić information content (AvgIpc) is 2.76. The highest BCUT2D eigenvalue weighted by Crippen LogP contribution is 2.13. The van der Waals surface area contributed by atoms with Gasteiger partial charge in [0.05, 0.1) is 29.9 Å². The minimum absolute atomic E-state index is 0.127. The van der Waals surface area contributed by atoms with Crippen molar-refractivity contribution in [2.45, 2.75) is 38.8 Å². The number of carbonyl (C=O) groups is 2. The van der Waals surface area contributed by atoms with Gasteiger partial charge in [0.15, 0.2) is 0 Å². The van der Waals surface area contributed by atoms with Gasteiger partial charge in [-0.15, -0.1) is 0 Å². The topological polar surface area (TPSA) is 122 Å². The molecule has 0 spiro atoms. The maximum atomic E-state index is 12.9. The van der Waals surface area contributed by atoms with E-state index in [1.54, 1.807) is 58.2 Å². The summed E-state index contributed by atoms with van der Waals surface area (Å²) in [6, 6.07) is 7.14. The molecule has 0 saturated heterocycles. The number of alkyl carbamates (subject to hydrolysis) is 1. The fourth-order valence-corrected chi connectivity index (χ4v) is 3.32. The van der Waals surface area contributed by atoms with E-state index in [2.05, 4.69) is 10.3 Å². The summed E-state index contributed by atoms with van der Waals surface area (Å²) in [5, 5.41) is 2.88. The van der Waals surface area contributed by atoms with Crippen molar-refractivity contribution in [3.05, 3.63) is 69.1 Å². The van der Waals surface area contributed by atoms with Crippen LogP contribution >= 0.6 is 0 Å². The van der Waals surface area contributed by atoms with Crippen LogP contribution in [0.4, 0.5) is 4.79 Å². The van der Waals surface area contributed by atoms with Crippen molar-refractivity contribution in [2.24, 2.45) is 7.05 Å². The summed E-state index contributed by atoms with van der Waals surface area (Å²) < 4.78 is 12.4. The molecule has 174 valence electrons. The van der Waals surface area contributed by atoms with Gasteiger partial charge < -0.3 is 14.8 Å². The second-order valence-electron chi connectivity index (χ2n) is 8.47. The van der Waals surface area contributed by atoms with E-state index < -0.39 is 35.0 Å². The predicted molar refractivity (Wildman–Crippen MR) is 121 cm³/mol. The lowest BCUT2D eigenvalue weighted by Gasteiger charge is -2.22. The lowest BCUT2D eigenvalue weighted by molar-refractivity contribution is -0.143. The highest BCUT2D eigenvalue weighted by atomic mass is 16.6. The van der Waals surface area contributed by atoms with E-state index in [4.69, 9.17) is 9.47 Å². The summed E-state index contributed by atoms with van der Waals surface area (Å²) in [5.74, 6) is -0.627. The van der Waals surface area contributed by atoms with E-state index in [1.807, 2.05) is 0 Å². The Hall–Kier alpha value is -3.95. The monoisotopic (exact) mass is 454 g/mol. The molecule has 1 atom stereocenters. The standard InChI is InChI=1S/C23H26N4O6/c1-23(2,3)33-21(30)25-17(20(29)32-5)12-14-6-8-15(9-7-14)27-19(28)16-10-11-24-13-18(16)26(4)22(27)31/h6-11,13,17H,12H2,1-5H3,(H,25,30)/t17-/m0/s1. The number of fused-ring (bicyclic) bond motifs is 1. The molecule has 1 amide bonds. The van der Waals surface area contributed by atoms with Crippen LogP contribution in [-0.2, 0) is 27.7 Å². The van der Waals surface area contributed by atoms with Crippen molar-refractivity contribution in [2.75, 3.05) is 7.11 Å². The second kappa shape index (κ2) is 9.27. The highest BCUT2D eigenvalue weighted by Gasteiger charge is 2.25. The summed E-state index contributed by atoms with van der Waals surface area (Å²) in [6.45, 7) is 5.15. The Morgan fingerprint density at radius 1 is 1.12 bits per heavy atom. The number of aryl methyl sites for hydroxylation is 1. The van der Waals surface area contributed by atoms with Crippen molar-refractivity contribution in [1.82, 2.24) is 19.4 Å². The van der Waals surface area contributed by atoms with Gasteiger partial charge in [-0.3, -0.25) is 14.3 Å². The Labute approximate surface area is 189 Å². The molecule has 0 radical (unpaired) electrons. The minimum Gasteiger partial charge on any atom is -0.467 e. The van der Waals surface area contributed by atoms with Gasteiger partial charge in [-0.25, -0.2) is 19.0 Å². The van der Waals surface area contributed by atoms with Gasteiger partial charge in [-0.05, 0) is 44.5 Å². The number of benzene rings is 1. The molecule has 0 bridgehead atoms. The number of methoxy groups -OCH3 is 1. The number of nitrogens with one attached hydrogen (secondary N) is 1. The van der Waals surface area contributed by atoms with Gasteiger partial charge in [0.25, 0.3) is 5.56 Å². The molecule has 0 aliphatic heterocycles. The van der Waals surface area contributed by atoms with Crippen LogP contribution in [0.2, 0.25) is 0 Å². The normalized spacial score (nSPS) is 12.3. The lowest BCUT2D eigenvalue weighted by atomic mass is 10.1. The first-order valence-electron chi connectivity index (χ1n) is 10.2. The molecule has 0 aliphatic carbocycles. The number of esters is 1. The molecule has 1 N–H and O–H groups in total. The quantitative estimate of drug-likeness (QED) is 0.582. The zero-order valence-corrected chi connectivity index (χ0v) is 19.1. The molecule has 0 unspecified atom stereocenters. The van der Waals surface area contributed by atoms with E-state index in [0.717, 1.165) is 4.57 Å².